The van der Waals surface area contributed by atoms with Gasteiger partial charge in [-0.05, 0) is 56.0 Å². The van der Waals surface area contributed by atoms with E-state index in [1.54, 1.807) is 0 Å². The Kier molecular flexibility index (Phi) is 7.97. The molecule has 1 aliphatic carbocycles. The molecule has 2 aliphatic heterocycles. The predicted molar refractivity (Wildman–Crippen MR) is 124 cm³/mol. The summed E-state index contributed by atoms with van der Waals surface area (Å²) < 4.78 is 50.5. The average Bonchev–Trinajstić information content (AvgIpc) is 3.37. The molecule has 3 aliphatic rings. The number of benzene rings is 1. The van der Waals surface area contributed by atoms with Crippen LogP contribution in [-0.4, -0.2) is 47.7 Å². The lowest BCUT2D eigenvalue weighted by atomic mass is 10.0. The number of hydrogen-bond donors (Lipinski definition) is 2. The summed E-state index contributed by atoms with van der Waals surface area (Å²) in [5.41, 5.74) is 0.376. The Bertz CT molecular complexity index is 1040. The molecule has 0 spiro atoms. The van der Waals surface area contributed by atoms with Gasteiger partial charge in [-0.3, -0.25) is 4.79 Å². The number of carbonyl (C=O) groups excluding carboxylic acids is 1. The molecule has 0 aromatic heterocycles. The molecular formula is C26H29F3N2O4. The van der Waals surface area contributed by atoms with Crippen LogP contribution in [-0.2, 0) is 26.9 Å². The van der Waals surface area contributed by atoms with Gasteiger partial charge in [0.2, 0.25) is 5.91 Å². The summed E-state index contributed by atoms with van der Waals surface area (Å²) in [6.07, 6.45) is 6.46. The minimum absolute atomic E-state index is 0.168. The van der Waals surface area contributed by atoms with Gasteiger partial charge in [-0.25, -0.2) is 0 Å². The molecule has 1 amide bonds. The largest absolute Gasteiger partial charge is 0.465 e. The molecule has 4 rings (SSSR count). The van der Waals surface area contributed by atoms with E-state index in [-0.39, 0.29) is 17.7 Å². The number of carbonyl (C=O) groups is 1. The molecule has 1 fully saturated rings. The summed E-state index contributed by atoms with van der Waals surface area (Å²) in [6, 6.07) is 3.96. The summed E-state index contributed by atoms with van der Waals surface area (Å²) in [4.78, 5) is 14.9. The summed E-state index contributed by atoms with van der Waals surface area (Å²) >= 11 is 0. The minimum Gasteiger partial charge on any atom is -0.465 e. The van der Waals surface area contributed by atoms with Crippen LogP contribution in [0, 0.1) is 0 Å². The molecular weight excluding hydrogens is 461 g/mol. The highest BCUT2D eigenvalue weighted by Gasteiger charge is 2.33. The fourth-order valence-corrected chi connectivity index (χ4v) is 4.38. The van der Waals surface area contributed by atoms with Crippen LogP contribution >= 0.6 is 0 Å². The second-order valence-corrected chi connectivity index (χ2v) is 8.90. The monoisotopic (exact) mass is 490 g/mol. The molecule has 9 heteroatoms. The number of alkyl halides is 3. The lowest BCUT2D eigenvalue weighted by molar-refractivity contribution is -0.137. The van der Waals surface area contributed by atoms with Crippen molar-refractivity contribution in [2.45, 2.75) is 50.4 Å². The van der Waals surface area contributed by atoms with E-state index in [0.29, 0.717) is 12.3 Å². The van der Waals surface area contributed by atoms with E-state index >= 15 is 0 Å². The highest BCUT2D eigenvalue weighted by atomic mass is 19.4. The van der Waals surface area contributed by atoms with E-state index in [4.69, 9.17) is 9.47 Å². The fourth-order valence-electron chi connectivity index (χ4n) is 4.38. The third-order valence-electron chi connectivity index (χ3n) is 6.21. The molecule has 0 saturated carbocycles. The van der Waals surface area contributed by atoms with Gasteiger partial charge in [-0.1, -0.05) is 36.4 Å². The van der Waals surface area contributed by atoms with E-state index in [9.17, 15) is 23.1 Å². The zero-order chi connectivity index (χ0) is 24.8. The number of hydrogen-bond acceptors (Lipinski definition) is 5. The van der Waals surface area contributed by atoms with Crippen LogP contribution in [0.5, 0.6) is 0 Å². The van der Waals surface area contributed by atoms with Crippen LogP contribution in [0.1, 0.15) is 36.8 Å². The summed E-state index contributed by atoms with van der Waals surface area (Å²) in [5.74, 6) is 0.184. The first-order chi connectivity index (χ1) is 16.8. The predicted octanol–water partition coefficient (Wildman–Crippen LogP) is 4.20. The first-order valence-electron chi connectivity index (χ1n) is 11.7. The molecule has 35 heavy (non-hydrogen) atoms. The maximum absolute atomic E-state index is 13.0. The third kappa shape index (κ3) is 6.76. The van der Waals surface area contributed by atoms with E-state index in [1.165, 1.54) is 24.7 Å². The number of aliphatic hydroxyl groups excluding tert-OH is 1. The zero-order valence-corrected chi connectivity index (χ0v) is 19.3. The number of nitrogens with zero attached hydrogens (tertiary/aromatic N) is 1. The Morgan fingerprint density at radius 1 is 1.20 bits per heavy atom. The molecule has 1 saturated heterocycles. The van der Waals surface area contributed by atoms with Gasteiger partial charge in [0.05, 0.1) is 18.0 Å². The lowest BCUT2D eigenvalue weighted by Crippen LogP contribution is -2.51. The normalized spacial score (nSPS) is 20.2. The molecule has 2 N–H and O–H groups in total. The maximum Gasteiger partial charge on any atom is 0.416 e. The molecule has 2 atom stereocenters. The summed E-state index contributed by atoms with van der Waals surface area (Å²) in [5, 5.41) is 14.0. The number of aliphatic hydroxyl groups is 1. The van der Waals surface area contributed by atoms with Gasteiger partial charge in [0.15, 0.2) is 11.5 Å². The Morgan fingerprint density at radius 3 is 2.71 bits per heavy atom. The van der Waals surface area contributed by atoms with Crippen molar-refractivity contribution in [3.05, 3.63) is 83.2 Å². The quantitative estimate of drug-likeness (QED) is 0.572. The van der Waals surface area contributed by atoms with Crippen LogP contribution in [0.2, 0.25) is 0 Å². The van der Waals surface area contributed by atoms with Gasteiger partial charge >= 0.3 is 6.18 Å². The lowest BCUT2D eigenvalue weighted by Gasteiger charge is -2.31. The van der Waals surface area contributed by atoms with Crippen LogP contribution in [0.15, 0.2) is 72.1 Å². The summed E-state index contributed by atoms with van der Waals surface area (Å²) in [7, 11) is 0. The molecule has 6 nitrogen and oxygen atoms in total. The molecule has 2 heterocycles. The second kappa shape index (κ2) is 11.1. The van der Waals surface area contributed by atoms with Gasteiger partial charge in [0.25, 0.3) is 0 Å². The molecule has 0 radical (unpaired) electrons. The molecule has 0 unspecified atom stereocenters. The van der Waals surface area contributed by atoms with E-state index < -0.39 is 29.8 Å². The average molecular weight is 491 g/mol. The number of halogens is 3. The first kappa shape index (κ1) is 25.1. The van der Waals surface area contributed by atoms with E-state index in [0.717, 1.165) is 56.5 Å². The highest BCUT2D eigenvalue weighted by molar-refractivity contribution is 5.79. The SMILES string of the molecule is O=C(Cc1cccc(C(F)(F)F)c1)N[C@H](CN1CCCC1)[C@@H](O)C1=COC=C(C2=CC=CCC2)O1. The highest BCUT2D eigenvalue weighted by Crippen LogP contribution is 2.30. The molecule has 188 valence electrons. The Labute approximate surface area is 202 Å². The van der Waals surface area contributed by atoms with Crippen molar-refractivity contribution in [3.63, 3.8) is 0 Å². The van der Waals surface area contributed by atoms with Crippen molar-refractivity contribution in [3.8, 4) is 0 Å². The van der Waals surface area contributed by atoms with Crippen molar-refractivity contribution in [1.82, 2.24) is 10.2 Å². The topological polar surface area (TPSA) is 71.0 Å². The number of rotatable bonds is 8. The van der Waals surface area contributed by atoms with Crippen LogP contribution in [0.3, 0.4) is 0 Å². The van der Waals surface area contributed by atoms with Gasteiger partial charge in [-0.2, -0.15) is 13.2 Å². The molecule has 1 aromatic rings. The number of likely N-dealkylation sites (tertiary alicyclic amines) is 1. The number of nitrogens with one attached hydrogen (secondary N) is 1. The summed E-state index contributed by atoms with van der Waals surface area (Å²) in [6.45, 7) is 2.06. The molecule has 1 aromatic carbocycles. The van der Waals surface area contributed by atoms with Crippen LogP contribution < -0.4 is 5.32 Å². The standard InChI is InChI=1S/C26H29F3N2O4/c27-26(28,29)20-10-6-7-18(13-20)14-24(32)30-21(15-31-11-4-5-12-31)25(33)23-17-34-16-22(35-23)19-8-2-1-3-9-19/h1-2,6-8,10,13,16-17,21,25,33H,3-5,9,11-12,14-15H2,(H,30,32)/t21-,25-/m1/s1. The third-order valence-corrected chi connectivity index (χ3v) is 6.21. The number of ether oxygens (including phenoxy) is 2. The zero-order valence-electron chi connectivity index (χ0n) is 19.3. The minimum atomic E-state index is -4.49. The van der Waals surface area contributed by atoms with Crippen molar-refractivity contribution >= 4 is 5.91 Å². The van der Waals surface area contributed by atoms with E-state index in [1.807, 2.05) is 18.2 Å². The molecule has 0 bridgehead atoms. The van der Waals surface area contributed by atoms with Gasteiger partial charge in [-0.15, -0.1) is 0 Å². The fraction of sp³-hybridized carbons (Fsp3) is 0.423. The van der Waals surface area contributed by atoms with Crippen molar-refractivity contribution < 1.29 is 32.5 Å². The Balaban J connectivity index is 1.45. The smallest absolute Gasteiger partial charge is 0.416 e. The second-order valence-electron chi connectivity index (χ2n) is 8.90. The van der Waals surface area contributed by atoms with Crippen LogP contribution in [0.4, 0.5) is 13.2 Å². The first-order valence-corrected chi connectivity index (χ1v) is 11.7. The van der Waals surface area contributed by atoms with Crippen molar-refractivity contribution in [2.24, 2.45) is 0 Å². The number of allylic oxidation sites excluding steroid dienone is 4. The Morgan fingerprint density at radius 2 is 2.00 bits per heavy atom. The number of amides is 1. The van der Waals surface area contributed by atoms with Gasteiger partial charge in [0, 0.05) is 6.54 Å². The van der Waals surface area contributed by atoms with Crippen molar-refractivity contribution in [1.29, 1.82) is 0 Å². The maximum atomic E-state index is 13.0. The van der Waals surface area contributed by atoms with Crippen molar-refractivity contribution in [2.75, 3.05) is 19.6 Å². The van der Waals surface area contributed by atoms with Gasteiger partial charge < -0.3 is 24.8 Å². The van der Waals surface area contributed by atoms with Crippen LogP contribution in [0.25, 0.3) is 0 Å². The Hall–Kier alpha value is -3.04. The van der Waals surface area contributed by atoms with E-state index in [2.05, 4.69) is 10.2 Å². The van der Waals surface area contributed by atoms with Gasteiger partial charge in [0.1, 0.15) is 18.6 Å².